The van der Waals surface area contributed by atoms with Gasteiger partial charge >= 0.3 is 0 Å². The monoisotopic (exact) mass is 275 g/mol. The van der Waals surface area contributed by atoms with Crippen molar-refractivity contribution >= 4 is 5.69 Å². The predicted octanol–water partition coefficient (Wildman–Crippen LogP) is 2.29. The van der Waals surface area contributed by atoms with Crippen LogP contribution in [0.25, 0.3) is 0 Å². The second kappa shape index (κ2) is 4.63. The number of pyridine rings is 1. The molecule has 1 aromatic rings. The van der Waals surface area contributed by atoms with Gasteiger partial charge in [0.25, 0.3) is 11.9 Å². The Morgan fingerprint density at radius 3 is 2.21 bits per heavy atom. The highest BCUT2D eigenvalue weighted by molar-refractivity contribution is 5.46. The van der Waals surface area contributed by atoms with Crippen LogP contribution >= 0.6 is 0 Å². The van der Waals surface area contributed by atoms with Crippen molar-refractivity contribution in [2.45, 2.75) is 31.3 Å². The molecular formula is C12H13F4N3. The van der Waals surface area contributed by atoms with Crippen molar-refractivity contribution in [3.05, 3.63) is 23.5 Å². The molecule has 1 saturated carbocycles. The largest absolute Gasteiger partial charge is 0.376 e. The van der Waals surface area contributed by atoms with Crippen molar-refractivity contribution in [2.75, 3.05) is 18.4 Å². The molecule has 0 amide bonds. The molecule has 0 radical (unpaired) electrons. The first-order chi connectivity index (χ1) is 9.06. The quantitative estimate of drug-likeness (QED) is 0.677. The minimum Gasteiger partial charge on any atom is -0.376 e. The Kier molecular flexibility index (Phi) is 3.08. The summed E-state index contributed by atoms with van der Waals surface area (Å²) in [5, 5.41) is 2.56. The zero-order chi connectivity index (χ0) is 13.6. The zero-order valence-corrected chi connectivity index (χ0v) is 10.1. The molecule has 0 bridgehead atoms. The van der Waals surface area contributed by atoms with Crippen LogP contribution in [-0.4, -0.2) is 35.1 Å². The fourth-order valence-corrected chi connectivity index (χ4v) is 2.49. The van der Waals surface area contributed by atoms with E-state index >= 15 is 0 Å². The summed E-state index contributed by atoms with van der Waals surface area (Å²) in [6, 6.07) is 0.359. The van der Waals surface area contributed by atoms with E-state index in [-0.39, 0.29) is 6.04 Å². The SMILES string of the molecule is Fc1nc(F)c(F)c(NC2CCN(C3CC3)C2)c1F. The summed E-state index contributed by atoms with van der Waals surface area (Å²) in [7, 11) is 0. The van der Waals surface area contributed by atoms with E-state index in [9.17, 15) is 17.6 Å². The molecular weight excluding hydrogens is 262 g/mol. The minimum absolute atomic E-state index is 0.203. The molecule has 1 atom stereocenters. The summed E-state index contributed by atoms with van der Waals surface area (Å²) in [6.07, 6.45) is 2.99. The molecule has 1 aromatic heterocycles. The minimum atomic E-state index is -1.63. The van der Waals surface area contributed by atoms with E-state index in [1.165, 1.54) is 0 Å². The molecule has 2 heterocycles. The maximum atomic E-state index is 13.4. The second-order valence-corrected chi connectivity index (χ2v) is 5.05. The van der Waals surface area contributed by atoms with Crippen molar-refractivity contribution in [2.24, 2.45) is 0 Å². The molecule has 2 aliphatic rings. The van der Waals surface area contributed by atoms with Crippen LogP contribution in [-0.2, 0) is 0 Å². The van der Waals surface area contributed by atoms with Crippen LogP contribution in [0.4, 0.5) is 23.2 Å². The maximum Gasteiger partial charge on any atom is 0.253 e. The molecule has 1 aliphatic carbocycles. The number of nitrogens with zero attached hydrogens (tertiary/aromatic N) is 2. The van der Waals surface area contributed by atoms with E-state index in [0.717, 1.165) is 19.4 Å². The van der Waals surface area contributed by atoms with Crippen LogP contribution < -0.4 is 5.32 Å². The van der Waals surface area contributed by atoms with Gasteiger partial charge in [-0.25, -0.2) is 0 Å². The number of likely N-dealkylation sites (tertiary alicyclic amines) is 1. The van der Waals surface area contributed by atoms with Gasteiger partial charge < -0.3 is 5.32 Å². The number of rotatable bonds is 3. The van der Waals surface area contributed by atoms with Crippen molar-refractivity contribution < 1.29 is 17.6 Å². The molecule has 1 N–H and O–H groups in total. The highest BCUT2D eigenvalue weighted by Gasteiger charge is 2.35. The number of nitrogens with one attached hydrogen (secondary N) is 1. The van der Waals surface area contributed by atoms with Crippen LogP contribution in [0.5, 0.6) is 0 Å². The first kappa shape index (κ1) is 12.7. The Bertz CT molecular complexity index is 478. The van der Waals surface area contributed by atoms with Gasteiger partial charge in [-0.05, 0) is 19.3 Å². The molecule has 1 aliphatic heterocycles. The summed E-state index contributed by atoms with van der Waals surface area (Å²) in [5.41, 5.74) is -0.757. The Balaban J connectivity index is 1.76. The normalized spacial score (nSPS) is 23.9. The Labute approximate surface area is 107 Å². The molecule has 7 heteroatoms. The fourth-order valence-electron chi connectivity index (χ4n) is 2.49. The number of aromatic nitrogens is 1. The second-order valence-electron chi connectivity index (χ2n) is 5.05. The first-order valence-electron chi connectivity index (χ1n) is 6.27. The van der Waals surface area contributed by atoms with Gasteiger partial charge in [-0.3, -0.25) is 4.90 Å². The Morgan fingerprint density at radius 2 is 1.63 bits per heavy atom. The average molecular weight is 275 g/mol. The van der Waals surface area contributed by atoms with E-state index in [2.05, 4.69) is 15.2 Å². The van der Waals surface area contributed by atoms with Crippen LogP contribution in [0, 0.1) is 23.5 Å². The lowest BCUT2D eigenvalue weighted by molar-refractivity contribution is 0.325. The van der Waals surface area contributed by atoms with Crippen LogP contribution in [0.15, 0.2) is 0 Å². The van der Waals surface area contributed by atoms with E-state index in [4.69, 9.17) is 0 Å². The van der Waals surface area contributed by atoms with Gasteiger partial charge in [0.2, 0.25) is 11.6 Å². The van der Waals surface area contributed by atoms with Gasteiger partial charge in [-0.15, -0.1) is 0 Å². The number of hydrogen-bond donors (Lipinski definition) is 1. The molecule has 1 unspecified atom stereocenters. The van der Waals surface area contributed by atoms with E-state index in [1.807, 2.05) is 0 Å². The van der Waals surface area contributed by atoms with Gasteiger partial charge in [0, 0.05) is 25.2 Å². The van der Waals surface area contributed by atoms with Gasteiger partial charge in [0.15, 0.2) is 0 Å². The summed E-state index contributed by atoms with van der Waals surface area (Å²) >= 11 is 0. The standard InChI is InChI=1S/C12H13F4N3/c13-8-10(9(14)12(16)18-11(8)15)17-6-3-4-19(5-6)7-1-2-7/h6-7H,1-5H2,(H,17,18). The molecule has 2 fully saturated rings. The van der Waals surface area contributed by atoms with Gasteiger partial charge in [0.05, 0.1) is 0 Å². The third kappa shape index (κ3) is 2.39. The predicted molar refractivity (Wildman–Crippen MR) is 60.7 cm³/mol. The van der Waals surface area contributed by atoms with Gasteiger partial charge in [-0.1, -0.05) is 0 Å². The van der Waals surface area contributed by atoms with Crippen molar-refractivity contribution in [3.8, 4) is 0 Å². The maximum absolute atomic E-state index is 13.4. The van der Waals surface area contributed by atoms with Crippen LogP contribution in [0.1, 0.15) is 19.3 Å². The summed E-state index contributed by atoms with van der Waals surface area (Å²) in [4.78, 5) is 4.75. The van der Waals surface area contributed by atoms with Crippen molar-refractivity contribution in [3.63, 3.8) is 0 Å². The zero-order valence-electron chi connectivity index (χ0n) is 10.1. The van der Waals surface area contributed by atoms with Crippen molar-refractivity contribution in [1.29, 1.82) is 0 Å². The fraction of sp³-hybridized carbons (Fsp3) is 0.583. The number of hydrogen-bond acceptors (Lipinski definition) is 3. The third-order valence-electron chi connectivity index (χ3n) is 3.63. The van der Waals surface area contributed by atoms with Gasteiger partial charge in [-0.2, -0.15) is 22.5 Å². The van der Waals surface area contributed by atoms with Crippen LogP contribution in [0.3, 0.4) is 0 Å². The lowest BCUT2D eigenvalue weighted by Gasteiger charge is -2.17. The molecule has 19 heavy (non-hydrogen) atoms. The number of halogens is 4. The molecule has 1 saturated heterocycles. The smallest absolute Gasteiger partial charge is 0.253 e. The number of anilines is 1. The highest BCUT2D eigenvalue weighted by Crippen LogP contribution is 2.31. The van der Waals surface area contributed by atoms with E-state index < -0.39 is 29.2 Å². The highest BCUT2D eigenvalue weighted by atomic mass is 19.2. The average Bonchev–Trinajstić information content (AvgIpc) is 3.13. The summed E-state index contributed by atoms with van der Waals surface area (Å²) in [6.45, 7) is 1.47. The van der Waals surface area contributed by atoms with E-state index in [1.54, 1.807) is 0 Å². The van der Waals surface area contributed by atoms with Crippen molar-refractivity contribution in [1.82, 2.24) is 9.88 Å². The van der Waals surface area contributed by atoms with Gasteiger partial charge in [0.1, 0.15) is 5.69 Å². The molecule has 3 rings (SSSR count). The molecule has 0 spiro atoms. The summed E-state index contributed by atoms with van der Waals surface area (Å²) in [5.74, 6) is -6.19. The van der Waals surface area contributed by atoms with Crippen LogP contribution in [0.2, 0.25) is 0 Å². The molecule has 104 valence electrons. The Morgan fingerprint density at radius 1 is 1.00 bits per heavy atom. The lowest BCUT2D eigenvalue weighted by Crippen LogP contribution is -2.28. The third-order valence-corrected chi connectivity index (χ3v) is 3.63. The Hall–Kier alpha value is -1.37. The summed E-state index contributed by atoms with van der Waals surface area (Å²) < 4.78 is 52.8. The molecule has 0 aromatic carbocycles. The topological polar surface area (TPSA) is 28.2 Å². The first-order valence-corrected chi connectivity index (χ1v) is 6.27. The molecule has 3 nitrogen and oxygen atoms in total. The van der Waals surface area contributed by atoms with E-state index in [0.29, 0.717) is 19.0 Å². The lowest BCUT2D eigenvalue weighted by atomic mass is 10.2.